The SMILES string of the molecule is CN(C(=O)S)c1cc(Br)ccc1F. The van der Waals surface area contributed by atoms with Crippen LogP contribution in [-0.4, -0.2) is 12.3 Å². The van der Waals surface area contributed by atoms with Crippen LogP contribution in [0.1, 0.15) is 0 Å². The second-order valence-corrected chi connectivity index (χ2v) is 3.74. The summed E-state index contributed by atoms with van der Waals surface area (Å²) in [5.41, 5.74) is 0.203. The van der Waals surface area contributed by atoms with Gasteiger partial charge in [-0.2, -0.15) is 0 Å². The topological polar surface area (TPSA) is 20.3 Å². The lowest BCUT2D eigenvalue weighted by molar-refractivity contribution is 0.266. The van der Waals surface area contributed by atoms with Gasteiger partial charge in [-0.1, -0.05) is 28.6 Å². The molecule has 0 atom stereocenters. The van der Waals surface area contributed by atoms with Crippen LogP contribution in [0.25, 0.3) is 0 Å². The van der Waals surface area contributed by atoms with Gasteiger partial charge in [0, 0.05) is 11.5 Å². The Morgan fingerprint density at radius 3 is 2.77 bits per heavy atom. The van der Waals surface area contributed by atoms with Crippen LogP contribution >= 0.6 is 28.6 Å². The van der Waals surface area contributed by atoms with Crippen molar-refractivity contribution in [3.63, 3.8) is 0 Å². The highest BCUT2D eigenvalue weighted by Crippen LogP contribution is 2.23. The quantitative estimate of drug-likeness (QED) is 0.773. The van der Waals surface area contributed by atoms with Crippen LogP contribution in [0.4, 0.5) is 14.9 Å². The summed E-state index contributed by atoms with van der Waals surface area (Å²) >= 11 is 6.78. The van der Waals surface area contributed by atoms with Crippen molar-refractivity contribution < 1.29 is 9.18 Å². The Hall–Kier alpha value is -0.550. The fourth-order valence-corrected chi connectivity index (χ4v) is 1.30. The maximum absolute atomic E-state index is 13.1. The minimum absolute atomic E-state index is 0.203. The lowest BCUT2D eigenvalue weighted by atomic mass is 10.3. The third-order valence-corrected chi connectivity index (χ3v) is 2.35. The molecule has 0 aliphatic carbocycles. The van der Waals surface area contributed by atoms with E-state index >= 15 is 0 Å². The molecule has 70 valence electrons. The van der Waals surface area contributed by atoms with Crippen molar-refractivity contribution in [1.29, 1.82) is 0 Å². The molecule has 0 unspecified atom stereocenters. The van der Waals surface area contributed by atoms with Gasteiger partial charge in [0.05, 0.1) is 5.69 Å². The normalized spacial score (nSPS) is 9.85. The first kappa shape index (κ1) is 10.5. The fourth-order valence-electron chi connectivity index (χ4n) is 0.846. The van der Waals surface area contributed by atoms with Gasteiger partial charge >= 0.3 is 0 Å². The maximum atomic E-state index is 13.1. The summed E-state index contributed by atoms with van der Waals surface area (Å²) in [7, 11) is 1.46. The van der Waals surface area contributed by atoms with Gasteiger partial charge in [-0.25, -0.2) is 4.39 Å². The number of anilines is 1. The Bertz CT molecular complexity index is 345. The van der Waals surface area contributed by atoms with Crippen LogP contribution in [0.5, 0.6) is 0 Å². The predicted molar refractivity (Wildman–Crippen MR) is 56.9 cm³/mol. The molecule has 0 bridgehead atoms. The molecular formula is C8H7BrFNOS. The molecule has 0 N–H and O–H groups in total. The zero-order chi connectivity index (χ0) is 10.0. The van der Waals surface area contributed by atoms with E-state index in [2.05, 4.69) is 28.6 Å². The average molecular weight is 264 g/mol. The third-order valence-electron chi connectivity index (χ3n) is 1.56. The molecule has 0 aromatic heterocycles. The predicted octanol–water partition coefficient (Wildman–Crippen LogP) is 3.07. The minimum Gasteiger partial charge on any atom is -0.304 e. The minimum atomic E-state index is -0.503. The van der Waals surface area contributed by atoms with Gasteiger partial charge in [-0.15, -0.1) is 0 Å². The van der Waals surface area contributed by atoms with Crippen molar-refractivity contribution in [2.24, 2.45) is 0 Å². The number of halogens is 2. The first-order chi connectivity index (χ1) is 6.02. The molecule has 1 amide bonds. The van der Waals surface area contributed by atoms with E-state index in [1.54, 1.807) is 6.07 Å². The first-order valence-corrected chi connectivity index (χ1v) is 4.68. The number of carbonyl (C=O) groups is 1. The molecule has 13 heavy (non-hydrogen) atoms. The zero-order valence-corrected chi connectivity index (χ0v) is 9.27. The smallest absolute Gasteiger partial charge is 0.282 e. The summed E-state index contributed by atoms with van der Waals surface area (Å²) in [6.07, 6.45) is 0. The largest absolute Gasteiger partial charge is 0.304 e. The standard InChI is InChI=1S/C8H7BrFNOS/c1-11(8(12)13)7-4-5(9)2-3-6(7)10/h2-4H,1H3,(H,12,13). The van der Waals surface area contributed by atoms with Gasteiger partial charge in [0.15, 0.2) is 0 Å². The zero-order valence-electron chi connectivity index (χ0n) is 6.79. The first-order valence-electron chi connectivity index (χ1n) is 3.44. The van der Waals surface area contributed by atoms with Crippen LogP contribution in [-0.2, 0) is 0 Å². The molecule has 1 aromatic carbocycles. The van der Waals surface area contributed by atoms with Crippen molar-refractivity contribution in [3.05, 3.63) is 28.5 Å². The van der Waals surface area contributed by atoms with E-state index in [4.69, 9.17) is 0 Å². The molecular weight excluding hydrogens is 257 g/mol. The molecule has 0 saturated heterocycles. The van der Waals surface area contributed by atoms with Crippen LogP contribution in [0.3, 0.4) is 0 Å². The molecule has 1 rings (SSSR count). The average Bonchev–Trinajstić information content (AvgIpc) is 2.08. The Kier molecular flexibility index (Phi) is 3.33. The van der Waals surface area contributed by atoms with E-state index in [-0.39, 0.29) is 5.69 Å². The number of hydrogen-bond donors (Lipinski definition) is 1. The third kappa shape index (κ3) is 2.45. The molecule has 0 fully saturated rings. The molecule has 5 heteroatoms. The second-order valence-electron chi connectivity index (χ2n) is 2.44. The highest BCUT2D eigenvalue weighted by atomic mass is 79.9. The van der Waals surface area contributed by atoms with Crippen molar-refractivity contribution in [2.45, 2.75) is 0 Å². The van der Waals surface area contributed by atoms with E-state index in [0.29, 0.717) is 4.47 Å². The van der Waals surface area contributed by atoms with Crippen molar-refractivity contribution in [1.82, 2.24) is 0 Å². The molecule has 0 saturated carbocycles. The molecule has 0 radical (unpaired) electrons. The van der Waals surface area contributed by atoms with Crippen LogP contribution in [0.2, 0.25) is 0 Å². The van der Waals surface area contributed by atoms with Crippen molar-refractivity contribution in [2.75, 3.05) is 11.9 Å². The van der Waals surface area contributed by atoms with Gasteiger partial charge in [0.2, 0.25) is 0 Å². The number of thiol groups is 1. The summed E-state index contributed by atoms with van der Waals surface area (Å²) < 4.78 is 13.8. The van der Waals surface area contributed by atoms with Gasteiger partial charge in [0.25, 0.3) is 5.24 Å². The Labute approximate surface area is 89.3 Å². The van der Waals surface area contributed by atoms with Gasteiger partial charge in [-0.05, 0) is 18.2 Å². The van der Waals surface area contributed by atoms with Crippen molar-refractivity contribution >= 4 is 39.5 Å². The molecule has 0 heterocycles. The summed E-state index contributed by atoms with van der Waals surface area (Å²) in [5.74, 6) is -0.451. The van der Waals surface area contributed by atoms with Gasteiger partial charge in [-0.3, -0.25) is 4.79 Å². The van der Waals surface area contributed by atoms with Crippen LogP contribution in [0.15, 0.2) is 22.7 Å². The molecule has 0 aliphatic rings. The fraction of sp³-hybridized carbons (Fsp3) is 0.125. The lowest BCUT2D eigenvalue weighted by Gasteiger charge is -2.14. The monoisotopic (exact) mass is 263 g/mol. The van der Waals surface area contributed by atoms with Gasteiger partial charge in [0.1, 0.15) is 5.82 Å². The van der Waals surface area contributed by atoms with E-state index < -0.39 is 11.1 Å². The number of hydrogen-bond acceptors (Lipinski definition) is 1. The Morgan fingerprint density at radius 1 is 1.62 bits per heavy atom. The molecule has 0 aliphatic heterocycles. The van der Waals surface area contributed by atoms with E-state index in [1.165, 1.54) is 19.2 Å². The highest BCUT2D eigenvalue weighted by Gasteiger charge is 2.11. The number of nitrogens with zero attached hydrogens (tertiary/aromatic N) is 1. The van der Waals surface area contributed by atoms with Gasteiger partial charge < -0.3 is 4.90 Å². The molecule has 0 spiro atoms. The Balaban J connectivity index is 3.12. The summed E-state index contributed by atoms with van der Waals surface area (Å²) in [5, 5.41) is -0.503. The Morgan fingerprint density at radius 2 is 2.23 bits per heavy atom. The maximum Gasteiger partial charge on any atom is 0.282 e. The lowest BCUT2D eigenvalue weighted by Crippen LogP contribution is -2.20. The van der Waals surface area contributed by atoms with E-state index in [0.717, 1.165) is 4.90 Å². The van der Waals surface area contributed by atoms with Crippen LogP contribution < -0.4 is 4.90 Å². The van der Waals surface area contributed by atoms with Crippen LogP contribution in [0, 0.1) is 5.82 Å². The number of carbonyl (C=O) groups excluding carboxylic acids is 1. The van der Waals surface area contributed by atoms with E-state index in [9.17, 15) is 9.18 Å². The number of rotatable bonds is 1. The molecule has 2 nitrogen and oxygen atoms in total. The summed E-state index contributed by atoms with van der Waals surface area (Å²) in [4.78, 5) is 11.9. The number of amides is 1. The van der Waals surface area contributed by atoms with Crippen molar-refractivity contribution in [3.8, 4) is 0 Å². The van der Waals surface area contributed by atoms with E-state index in [1.807, 2.05) is 0 Å². The summed E-state index contributed by atoms with van der Waals surface area (Å²) in [6, 6.07) is 4.37. The summed E-state index contributed by atoms with van der Waals surface area (Å²) in [6.45, 7) is 0. The number of benzene rings is 1. The molecule has 1 aromatic rings. The second kappa shape index (κ2) is 4.11. The highest BCUT2D eigenvalue weighted by molar-refractivity contribution is 9.10.